The molecule has 2 heteroatoms. The quantitative estimate of drug-likeness (QED) is 0.910. The first-order valence-electron chi connectivity index (χ1n) is 8.40. The minimum atomic E-state index is -0.322. The van der Waals surface area contributed by atoms with Gasteiger partial charge in [-0.1, -0.05) is 42.2 Å². The number of aryl methyl sites for hydroxylation is 2. The Morgan fingerprint density at radius 1 is 1.00 bits per heavy atom. The summed E-state index contributed by atoms with van der Waals surface area (Å²) in [6.45, 7) is 10.9. The molecule has 1 atom stereocenters. The first-order valence-corrected chi connectivity index (χ1v) is 8.40. The van der Waals surface area contributed by atoms with Gasteiger partial charge >= 0.3 is 0 Å². The van der Waals surface area contributed by atoms with Crippen molar-refractivity contribution in [3.8, 4) is 0 Å². The zero-order chi connectivity index (χ0) is 15.5. The minimum Gasteiger partial charge on any atom is -0.391 e. The van der Waals surface area contributed by atoms with Crippen LogP contribution in [0.15, 0.2) is 18.2 Å². The van der Waals surface area contributed by atoms with E-state index >= 15 is 0 Å². The molecule has 1 saturated heterocycles. The summed E-state index contributed by atoms with van der Waals surface area (Å²) in [7, 11) is 0. The molecule has 0 bridgehead atoms. The molecule has 0 amide bonds. The first kappa shape index (κ1) is 16.5. The van der Waals surface area contributed by atoms with Gasteiger partial charge in [0, 0.05) is 12.0 Å². The molecule has 0 aromatic heterocycles. The lowest BCUT2D eigenvalue weighted by Crippen LogP contribution is -2.53. The highest BCUT2D eigenvalue weighted by atomic mass is 16.3. The molecule has 1 aliphatic rings. The van der Waals surface area contributed by atoms with Crippen molar-refractivity contribution in [3.05, 3.63) is 34.9 Å². The highest BCUT2D eigenvalue weighted by molar-refractivity contribution is 5.29. The topological polar surface area (TPSA) is 23.5 Å². The van der Waals surface area contributed by atoms with Gasteiger partial charge in [-0.3, -0.25) is 4.90 Å². The van der Waals surface area contributed by atoms with Crippen LogP contribution in [-0.2, 0) is 6.42 Å². The SMILES string of the molecule is Cc1cc(C)cc(CC(O)C(C)(C)N2CCCCCC2)c1. The summed E-state index contributed by atoms with van der Waals surface area (Å²) in [5.74, 6) is 0. The fraction of sp³-hybridized carbons (Fsp3) is 0.684. The smallest absolute Gasteiger partial charge is 0.0758 e. The number of aliphatic hydroxyl groups is 1. The fourth-order valence-electron chi connectivity index (χ4n) is 3.52. The normalized spacial score (nSPS) is 19.3. The van der Waals surface area contributed by atoms with E-state index in [-0.39, 0.29) is 11.6 Å². The lowest BCUT2D eigenvalue weighted by Gasteiger charge is -2.41. The summed E-state index contributed by atoms with van der Waals surface area (Å²) in [6.07, 6.45) is 5.61. The Balaban J connectivity index is 2.07. The van der Waals surface area contributed by atoms with Gasteiger partial charge in [-0.25, -0.2) is 0 Å². The number of hydrogen-bond donors (Lipinski definition) is 1. The van der Waals surface area contributed by atoms with Crippen LogP contribution in [-0.4, -0.2) is 34.7 Å². The number of likely N-dealkylation sites (tertiary alicyclic amines) is 1. The molecular weight excluding hydrogens is 258 g/mol. The molecule has 2 nitrogen and oxygen atoms in total. The first-order chi connectivity index (χ1) is 9.89. The molecule has 1 heterocycles. The van der Waals surface area contributed by atoms with Crippen LogP contribution in [0.2, 0.25) is 0 Å². The van der Waals surface area contributed by atoms with Crippen molar-refractivity contribution < 1.29 is 5.11 Å². The maximum absolute atomic E-state index is 10.8. The lowest BCUT2D eigenvalue weighted by molar-refractivity contribution is -0.00787. The van der Waals surface area contributed by atoms with Crippen molar-refractivity contribution in [2.24, 2.45) is 0 Å². The largest absolute Gasteiger partial charge is 0.391 e. The molecule has 0 spiro atoms. The van der Waals surface area contributed by atoms with Crippen molar-refractivity contribution in [1.82, 2.24) is 4.90 Å². The molecule has 1 aliphatic heterocycles. The number of aliphatic hydroxyl groups excluding tert-OH is 1. The summed E-state index contributed by atoms with van der Waals surface area (Å²) in [5.41, 5.74) is 3.67. The summed E-state index contributed by atoms with van der Waals surface area (Å²) in [5, 5.41) is 10.8. The van der Waals surface area contributed by atoms with Gasteiger partial charge in [0.05, 0.1) is 6.10 Å². The van der Waals surface area contributed by atoms with Crippen LogP contribution in [0.25, 0.3) is 0 Å². The summed E-state index contributed by atoms with van der Waals surface area (Å²) in [4.78, 5) is 2.49. The van der Waals surface area contributed by atoms with Crippen LogP contribution >= 0.6 is 0 Å². The van der Waals surface area contributed by atoms with Gasteiger partial charge in [0.2, 0.25) is 0 Å². The predicted octanol–water partition coefficient (Wildman–Crippen LogP) is 3.86. The second-order valence-corrected chi connectivity index (χ2v) is 7.27. The maximum Gasteiger partial charge on any atom is 0.0758 e. The predicted molar refractivity (Wildman–Crippen MR) is 89.7 cm³/mol. The van der Waals surface area contributed by atoms with Gasteiger partial charge < -0.3 is 5.11 Å². The standard InChI is InChI=1S/C19H31NO/c1-15-11-16(2)13-17(12-15)14-18(21)19(3,4)20-9-7-5-6-8-10-20/h11-13,18,21H,5-10,14H2,1-4H3. The Hall–Kier alpha value is -0.860. The van der Waals surface area contributed by atoms with Gasteiger partial charge in [-0.05, 0) is 59.2 Å². The van der Waals surface area contributed by atoms with Crippen LogP contribution in [0.5, 0.6) is 0 Å². The van der Waals surface area contributed by atoms with Crippen molar-refractivity contribution in [2.75, 3.05) is 13.1 Å². The second kappa shape index (κ2) is 6.93. The summed E-state index contributed by atoms with van der Waals surface area (Å²) in [6, 6.07) is 6.60. The van der Waals surface area contributed by atoms with Crippen LogP contribution in [0.1, 0.15) is 56.2 Å². The molecule has 0 radical (unpaired) electrons. The van der Waals surface area contributed by atoms with E-state index in [4.69, 9.17) is 0 Å². The van der Waals surface area contributed by atoms with Crippen molar-refractivity contribution in [1.29, 1.82) is 0 Å². The van der Waals surface area contributed by atoms with E-state index in [9.17, 15) is 5.11 Å². The van der Waals surface area contributed by atoms with E-state index < -0.39 is 0 Å². The van der Waals surface area contributed by atoms with E-state index in [0.29, 0.717) is 0 Å². The van der Waals surface area contributed by atoms with Crippen molar-refractivity contribution >= 4 is 0 Å². The Kier molecular flexibility index (Phi) is 5.45. The molecule has 1 fully saturated rings. The van der Waals surface area contributed by atoms with Crippen LogP contribution in [0, 0.1) is 13.8 Å². The highest BCUT2D eigenvalue weighted by Gasteiger charge is 2.34. The molecule has 118 valence electrons. The zero-order valence-corrected chi connectivity index (χ0v) is 14.2. The average molecular weight is 289 g/mol. The monoisotopic (exact) mass is 289 g/mol. The van der Waals surface area contributed by atoms with Crippen molar-refractivity contribution in [3.63, 3.8) is 0 Å². The number of rotatable bonds is 4. The van der Waals surface area contributed by atoms with Crippen molar-refractivity contribution in [2.45, 2.75) is 71.4 Å². The van der Waals surface area contributed by atoms with Gasteiger partial charge in [0.15, 0.2) is 0 Å². The third-order valence-corrected chi connectivity index (χ3v) is 4.95. The second-order valence-electron chi connectivity index (χ2n) is 7.27. The summed E-state index contributed by atoms with van der Waals surface area (Å²) >= 11 is 0. The van der Waals surface area contributed by atoms with E-state index in [2.05, 4.69) is 50.8 Å². The molecule has 1 aromatic rings. The van der Waals surface area contributed by atoms with Gasteiger partial charge in [0.1, 0.15) is 0 Å². The van der Waals surface area contributed by atoms with Gasteiger partial charge in [0.25, 0.3) is 0 Å². The third-order valence-electron chi connectivity index (χ3n) is 4.95. The lowest BCUT2D eigenvalue weighted by atomic mass is 9.89. The van der Waals surface area contributed by atoms with Crippen LogP contribution in [0.4, 0.5) is 0 Å². The summed E-state index contributed by atoms with van der Waals surface area (Å²) < 4.78 is 0. The van der Waals surface area contributed by atoms with E-state index in [1.807, 2.05) is 0 Å². The molecule has 0 aliphatic carbocycles. The molecule has 1 aromatic carbocycles. The maximum atomic E-state index is 10.8. The number of benzene rings is 1. The van der Waals surface area contributed by atoms with Gasteiger partial charge in [-0.2, -0.15) is 0 Å². The van der Waals surface area contributed by atoms with E-state index in [1.54, 1.807) is 0 Å². The number of nitrogens with zero attached hydrogens (tertiary/aromatic N) is 1. The highest BCUT2D eigenvalue weighted by Crippen LogP contribution is 2.26. The van der Waals surface area contributed by atoms with Crippen LogP contribution < -0.4 is 0 Å². The molecule has 2 rings (SSSR count). The van der Waals surface area contributed by atoms with E-state index in [1.165, 1.54) is 42.4 Å². The molecule has 0 saturated carbocycles. The fourth-order valence-corrected chi connectivity index (χ4v) is 3.52. The van der Waals surface area contributed by atoms with Gasteiger partial charge in [-0.15, -0.1) is 0 Å². The zero-order valence-electron chi connectivity index (χ0n) is 14.2. The minimum absolute atomic E-state index is 0.151. The molecular formula is C19H31NO. The Bertz CT molecular complexity index is 438. The molecule has 1 N–H and O–H groups in total. The Morgan fingerprint density at radius 2 is 1.52 bits per heavy atom. The Labute approximate surface area is 130 Å². The molecule has 21 heavy (non-hydrogen) atoms. The van der Waals surface area contributed by atoms with E-state index in [0.717, 1.165) is 19.5 Å². The third kappa shape index (κ3) is 4.31. The molecule has 1 unspecified atom stereocenters. The number of hydrogen-bond acceptors (Lipinski definition) is 2. The average Bonchev–Trinajstić information content (AvgIpc) is 2.66. The van der Waals surface area contributed by atoms with Crippen LogP contribution in [0.3, 0.4) is 0 Å². The Morgan fingerprint density at radius 3 is 2.05 bits per heavy atom.